The molecule has 0 radical (unpaired) electrons. The van der Waals surface area contributed by atoms with Crippen LogP contribution in [0.25, 0.3) is 0 Å². The summed E-state index contributed by atoms with van der Waals surface area (Å²) < 4.78 is 0. The van der Waals surface area contributed by atoms with Crippen molar-refractivity contribution in [1.82, 2.24) is 0 Å². The molecule has 0 saturated carbocycles. The van der Waals surface area contributed by atoms with Crippen molar-refractivity contribution in [1.29, 1.82) is 0 Å². The topological polar surface area (TPSA) is 18.5 Å². The normalized spacial score (nSPS) is 20.5. The zero-order valence-electron chi connectivity index (χ0n) is 12.0. The van der Waals surface area contributed by atoms with Crippen LogP contribution in [-0.4, -0.2) is 5.60 Å². The Morgan fingerprint density at radius 3 is 1.60 bits per heavy atom. The lowest BCUT2D eigenvalue weighted by Gasteiger charge is -2.42. The van der Waals surface area contributed by atoms with Crippen LogP contribution in [0.4, 0.5) is 0 Å². The molecule has 0 bridgehead atoms. The van der Waals surface area contributed by atoms with E-state index in [1.807, 2.05) is 36.4 Å². The highest BCUT2D eigenvalue weighted by Crippen LogP contribution is 2.44. The smallest absolute Gasteiger partial charge is 0.154 e. The zero-order valence-corrected chi connectivity index (χ0v) is 12.0. The maximum Gasteiger partial charge on any atom is 0.154 e. The van der Waals surface area contributed by atoms with E-state index in [0.717, 1.165) is 24.0 Å². The summed E-state index contributed by atoms with van der Waals surface area (Å²) in [7, 11) is 0. The van der Waals surface area contributed by atoms with Gasteiger partial charge in [-0.3, -0.25) is 0 Å². The molecule has 0 atom stereocenters. The summed E-state index contributed by atoms with van der Waals surface area (Å²) >= 11 is 0. The van der Waals surface area contributed by atoms with Gasteiger partial charge in [-0.05, 0) is 37.8 Å². The molecule has 2 aromatic rings. The Kier molecular flexibility index (Phi) is 3.36. The predicted octanol–water partition coefficient (Wildman–Crippen LogP) is 4.45. The van der Waals surface area contributed by atoms with E-state index < -0.39 is 5.60 Å². The second-order valence-corrected chi connectivity index (χ2v) is 5.99. The first-order valence-corrected chi connectivity index (χ1v) is 7.10. The van der Waals surface area contributed by atoms with Gasteiger partial charge in [-0.2, -0.15) is 0 Å². The van der Waals surface area contributed by atoms with Gasteiger partial charge in [0.15, 0.2) is 5.60 Å². The van der Waals surface area contributed by atoms with E-state index in [1.165, 1.54) is 0 Å². The molecule has 104 valence electrons. The minimum atomic E-state index is -0.502. The van der Waals surface area contributed by atoms with Crippen LogP contribution in [-0.2, 0) is 15.4 Å². The van der Waals surface area contributed by atoms with Gasteiger partial charge in [-0.15, -0.1) is 0 Å². The van der Waals surface area contributed by atoms with Crippen LogP contribution in [0.5, 0.6) is 0 Å². The van der Waals surface area contributed by atoms with Crippen molar-refractivity contribution in [2.45, 2.75) is 37.9 Å². The molecule has 1 heterocycles. The van der Waals surface area contributed by atoms with Crippen molar-refractivity contribution in [3.05, 3.63) is 71.8 Å². The highest BCUT2D eigenvalue weighted by Gasteiger charge is 2.43. The van der Waals surface area contributed by atoms with Crippen molar-refractivity contribution < 1.29 is 9.78 Å². The van der Waals surface area contributed by atoms with Crippen LogP contribution >= 0.6 is 0 Å². The lowest BCUT2D eigenvalue weighted by atomic mass is 9.79. The van der Waals surface area contributed by atoms with Crippen molar-refractivity contribution in [2.75, 3.05) is 0 Å². The molecule has 1 saturated heterocycles. The molecule has 1 fully saturated rings. The Balaban J connectivity index is 2.06. The Morgan fingerprint density at radius 1 is 0.700 bits per heavy atom. The van der Waals surface area contributed by atoms with Crippen LogP contribution in [0.2, 0.25) is 0 Å². The lowest BCUT2D eigenvalue weighted by molar-refractivity contribution is -0.428. The first kappa shape index (κ1) is 13.3. The molecule has 2 heteroatoms. The Morgan fingerprint density at radius 2 is 1.20 bits per heavy atom. The average Bonchev–Trinajstić information content (AvgIpc) is 2.50. The first-order valence-electron chi connectivity index (χ1n) is 7.10. The largest absolute Gasteiger partial charge is 0.229 e. The van der Waals surface area contributed by atoms with Gasteiger partial charge in [0.2, 0.25) is 0 Å². The number of hydrogen-bond donors (Lipinski definition) is 0. The van der Waals surface area contributed by atoms with Crippen molar-refractivity contribution in [2.24, 2.45) is 0 Å². The summed E-state index contributed by atoms with van der Waals surface area (Å²) in [6, 6.07) is 20.6. The molecule has 20 heavy (non-hydrogen) atoms. The van der Waals surface area contributed by atoms with Crippen molar-refractivity contribution in [3.8, 4) is 0 Å². The molecule has 1 aliphatic heterocycles. The third-order valence-corrected chi connectivity index (χ3v) is 3.97. The summed E-state index contributed by atoms with van der Waals surface area (Å²) in [5, 5.41) is 0. The van der Waals surface area contributed by atoms with E-state index in [1.54, 1.807) is 0 Å². The third-order valence-electron chi connectivity index (χ3n) is 3.97. The number of rotatable bonds is 2. The summed E-state index contributed by atoms with van der Waals surface area (Å²) in [6.07, 6.45) is 1.87. The summed E-state index contributed by atoms with van der Waals surface area (Å²) in [5.74, 6) is 0. The van der Waals surface area contributed by atoms with E-state index in [0.29, 0.717) is 0 Å². The number of benzene rings is 2. The fourth-order valence-electron chi connectivity index (χ4n) is 2.71. The van der Waals surface area contributed by atoms with Gasteiger partial charge in [0, 0.05) is 0 Å². The second-order valence-electron chi connectivity index (χ2n) is 5.99. The van der Waals surface area contributed by atoms with Gasteiger partial charge < -0.3 is 0 Å². The van der Waals surface area contributed by atoms with Gasteiger partial charge in [0.1, 0.15) is 0 Å². The third kappa shape index (κ3) is 2.37. The summed E-state index contributed by atoms with van der Waals surface area (Å²) in [6.45, 7) is 4.12. The highest BCUT2D eigenvalue weighted by atomic mass is 17.2. The minimum Gasteiger partial charge on any atom is -0.229 e. The molecule has 0 aliphatic carbocycles. The van der Waals surface area contributed by atoms with Gasteiger partial charge in [0.25, 0.3) is 0 Å². The molecule has 0 amide bonds. The molecule has 0 spiro atoms. The highest BCUT2D eigenvalue weighted by molar-refractivity contribution is 5.36. The molecule has 2 nitrogen and oxygen atoms in total. The standard InChI is InChI=1S/C18H20O2/c1-17(2)13-14-18(20-19-17,15-9-5-3-6-10-15)16-11-7-4-8-12-16/h3-12H,13-14H2,1-2H3. The lowest BCUT2D eigenvalue weighted by Crippen LogP contribution is -2.42. The van der Waals surface area contributed by atoms with Crippen LogP contribution in [0, 0.1) is 0 Å². The van der Waals surface area contributed by atoms with Crippen LogP contribution in [0.15, 0.2) is 60.7 Å². The fraction of sp³-hybridized carbons (Fsp3) is 0.333. The molecular weight excluding hydrogens is 248 g/mol. The molecule has 0 unspecified atom stereocenters. The van der Waals surface area contributed by atoms with Gasteiger partial charge in [0.05, 0.1) is 5.60 Å². The fourth-order valence-corrected chi connectivity index (χ4v) is 2.71. The van der Waals surface area contributed by atoms with Gasteiger partial charge >= 0.3 is 0 Å². The Hall–Kier alpha value is -1.64. The monoisotopic (exact) mass is 268 g/mol. The molecule has 0 N–H and O–H groups in total. The Bertz CT molecular complexity index is 509. The molecular formula is C18H20O2. The maximum absolute atomic E-state index is 5.95. The SMILES string of the molecule is CC1(C)CCC(c2ccccc2)(c2ccccc2)OO1. The Labute approximate surface area is 120 Å². The van der Waals surface area contributed by atoms with E-state index in [4.69, 9.17) is 9.78 Å². The van der Waals surface area contributed by atoms with Crippen LogP contribution in [0.1, 0.15) is 37.8 Å². The van der Waals surface area contributed by atoms with Crippen LogP contribution in [0.3, 0.4) is 0 Å². The van der Waals surface area contributed by atoms with E-state index in [2.05, 4.69) is 38.1 Å². The van der Waals surface area contributed by atoms with Gasteiger partial charge in [-0.1, -0.05) is 60.7 Å². The zero-order chi connectivity index (χ0) is 14.1. The maximum atomic E-state index is 5.95. The van der Waals surface area contributed by atoms with E-state index in [-0.39, 0.29) is 5.60 Å². The summed E-state index contributed by atoms with van der Waals surface area (Å²) in [4.78, 5) is 11.6. The van der Waals surface area contributed by atoms with Gasteiger partial charge in [-0.25, -0.2) is 9.78 Å². The van der Waals surface area contributed by atoms with Crippen LogP contribution < -0.4 is 0 Å². The van der Waals surface area contributed by atoms with E-state index >= 15 is 0 Å². The molecule has 3 rings (SSSR count). The quantitative estimate of drug-likeness (QED) is 0.749. The second kappa shape index (κ2) is 5.04. The van der Waals surface area contributed by atoms with E-state index in [9.17, 15) is 0 Å². The first-order chi connectivity index (χ1) is 9.62. The molecule has 0 aromatic heterocycles. The summed E-state index contributed by atoms with van der Waals surface area (Å²) in [5.41, 5.74) is 1.55. The molecule has 1 aliphatic rings. The van der Waals surface area contributed by atoms with Crippen molar-refractivity contribution >= 4 is 0 Å². The number of hydrogen-bond acceptors (Lipinski definition) is 2. The average molecular weight is 268 g/mol. The minimum absolute atomic E-state index is 0.229. The molecule has 2 aromatic carbocycles. The van der Waals surface area contributed by atoms with Crippen molar-refractivity contribution in [3.63, 3.8) is 0 Å². The predicted molar refractivity (Wildman–Crippen MR) is 79.1 cm³/mol.